The molecule has 0 atom stereocenters. The van der Waals surface area contributed by atoms with Gasteiger partial charge in [-0.15, -0.1) is 0 Å². The van der Waals surface area contributed by atoms with E-state index in [1.54, 1.807) is 0 Å². The monoisotopic (exact) mass is 311 g/mol. The minimum Gasteiger partial charge on any atom is -0.461 e. The molecule has 7 heteroatoms. The summed E-state index contributed by atoms with van der Waals surface area (Å²) in [5, 5.41) is -0.00147. The quantitative estimate of drug-likeness (QED) is 0.487. The molecule has 1 aromatic rings. The van der Waals surface area contributed by atoms with Crippen molar-refractivity contribution >= 4 is 21.9 Å². The molecule has 0 aliphatic carbocycles. The van der Waals surface area contributed by atoms with E-state index < -0.39 is 29.6 Å². The Kier molecular flexibility index (Phi) is 4.92. The summed E-state index contributed by atoms with van der Waals surface area (Å²) < 4.78 is 43.3. The molecule has 0 unspecified atom stereocenters. The SMILES string of the molecule is CCOC(=O)c1nc(F)cc(CBr)c1C(F)F. The van der Waals surface area contributed by atoms with Crippen molar-refractivity contribution in [1.29, 1.82) is 0 Å². The molecule has 3 nitrogen and oxygen atoms in total. The average molecular weight is 312 g/mol. The number of halogens is 4. The predicted molar refractivity (Wildman–Crippen MR) is 57.7 cm³/mol. The van der Waals surface area contributed by atoms with Gasteiger partial charge in [0.2, 0.25) is 5.95 Å². The molecule has 0 spiro atoms. The third-order valence-electron chi connectivity index (χ3n) is 1.94. The largest absolute Gasteiger partial charge is 0.461 e. The fourth-order valence-electron chi connectivity index (χ4n) is 1.28. The first-order valence-corrected chi connectivity index (χ1v) is 5.83. The maximum Gasteiger partial charge on any atom is 0.357 e. The second-order valence-corrected chi connectivity index (χ2v) is 3.58. The van der Waals surface area contributed by atoms with Crippen LogP contribution < -0.4 is 0 Å². The number of rotatable bonds is 4. The summed E-state index contributed by atoms with van der Waals surface area (Å²) in [6.45, 7) is 1.52. The van der Waals surface area contributed by atoms with Gasteiger partial charge in [-0.25, -0.2) is 18.6 Å². The van der Waals surface area contributed by atoms with Crippen LogP contribution in [0.1, 0.15) is 35.0 Å². The molecule has 0 amide bonds. The second kappa shape index (κ2) is 6.00. The molecule has 0 bridgehead atoms. The van der Waals surface area contributed by atoms with E-state index in [1.165, 1.54) is 6.92 Å². The van der Waals surface area contributed by atoms with Crippen molar-refractivity contribution < 1.29 is 22.7 Å². The minimum absolute atomic E-state index is 0.00147. The molecular formula is C10H9BrF3NO2. The lowest BCUT2D eigenvalue weighted by molar-refractivity contribution is 0.0505. The van der Waals surface area contributed by atoms with E-state index >= 15 is 0 Å². The highest BCUT2D eigenvalue weighted by molar-refractivity contribution is 9.08. The molecule has 1 aromatic heterocycles. The topological polar surface area (TPSA) is 39.2 Å². The Morgan fingerprint density at radius 3 is 2.71 bits per heavy atom. The van der Waals surface area contributed by atoms with Gasteiger partial charge in [0.25, 0.3) is 6.43 Å². The maximum absolute atomic E-state index is 13.1. The molecule has 0 aliphatic heterocycles. The average Bonchev–Trinajstić information content (AvgIpc) is 2.27. The van der Waals surface area contributed by atoms with Crippen LogP contribution in [0, 0.1) is 5.95 Å². The Morgan fingerprint density at radius 1 is 1.59 bits per heavy atom. The summed E-state index contributed by atoms with van der Waals surface area (Å²) in [5.74, 6) is -2.04. The fourth-order valence-corrected chi connectivity index (χ4v) is 1.75. The Hall–Kier alpha value is -1.11. The molecule has 94 valence electrons. The third-order valence-corrected chi connectivity index (χ3v) is 2.55. The van der Waals surface area contributed by atoms with Gasteiger partial charge in [-0.3, -0.25) is 0 Å². The smallest absolute Gasteiger partial charge is 0.357 e. The molecule has 1 heterocycles. The van der Waals surface area contributed by atoms with E-state index in [0.29, 0.717) is 0 Å². The van der Waals surface area contributed by atoms with Gasteiger partial charge in [0.1, 0.15) is 0 Å². The molecule has 0 N–H and O–H groups in total. The Balaban J connectivity index is 3.35. The van der Waals surface area contributed by atoms with Crippen LogP contribution in [0.4, 0.5) is 13.2 Å². The van der Waals surface area contributed by atoms with Crippen LogP contribution in [0.15, 0.2) is 6.07 Å². The minimum atomic E-state index is -2.92. The summed E-state index contributed by atoms with van der Waals surface area (Å²) in [7, 11) is 0. The van der Waals surface area contributed by atoms with Gasteiger partial charge < -0.3 is 4.74 Å². The predicted octanol–water partition coefficient (Wildman–Crippen LogP) is 3.23. The summed E-state index contributed by atoms with van der Waals surface area (Å²) >= 11 is 2.95. The molecular weight excluding hydrogens is 303 g/mol. The molecule has 1 rings (SSSR count). The lowest BCUT2D eigenvalue weighted by Crippen LogP contribution is -2.14. The van der Waals surface area contributed by atoms with Crippen LogP contribution in [0.25, 0.3) is 0 Å². The van der Waals surface area contributed by atoms with Crippen LogP contribution in [-0.4, -0.2) is 17.6 Å². The van der Waals surface area contributed by atoms with E-state index in [4.69, 9.17) is 0 Å². The van der Waals surface area contributed by atoms with E-state index in [9.17, 15) is 18.0 Å². The van der Waals surface area contributed by atoms with Gasteiger partial charge in [-0.1, -0.05) is 15.9 Å². The van der Waals surface area contributed by atoms with Gasteiger partial charge in [-0.05, 0) is 18.6 Å². The van der Waals surface area contributed by atoms with Crippen molar-refractivity contribution in [2.75, 3.05) is 6.61 Å². The van der Waals surface area contributed by atoms with Gasteiger partial charge in [0.15, 0.2) is 5.69 Å². The van der Waals surface area contributed by atoms with E-state index in [-0.39, 0.29) is 17.5 Å². The van der Waals surface area contributed by atoms with Gasteiger partial charge in [0.05, 0.1) is 12.2 Å². The number of carbonyl (C=O) groups is 1. The van der Waals surface area contributed by atoms with Crippen molar-refractivity contribution in [3.05, 3.63) is 28.8 Å². The lowest BCUT2D eigenvalue weighted by Gasteiger charge is -2.11. The highest BCUT2D eigenvalue weighted by Crippen LogP contribution is 2.28. The van der Waals surface area contributed by atoms with Crippen molar-refractivity contribution in [2.45, 2.75) is 18.7 Å². The third kappa shape index (κ3) is 3.18. The van der Waals surface area contributed by atoms with E-state index in [0.717, 1.165) is 6.07 Å². The first kappa shape index (κ1) is 14.0. The summed E-state index contributed by atoms with van der Waals surface area (Å²) in [6.07, 6.45) is -2.92. The highest BCUT2D eigenvalue weighted by atomic mass is 79.9. The number of carbonyl (C=O) groups excluding carboxylic acids is 1. The van der Waals surface area contributed by atoms with E-state index in [1.807, 2.05) is 0 Å². The molecule has 0 radical (unpaired) electrons. The first-order chi connectivity index (χ1) is 8.01. The molecule has 17 heavy (non-hydrogen) atoms. The zero-order valence-electron chi connectivity index (χ0n) is 8.84. The van der Waals surface area contributed by atoms with Gasteiger partial charge in [-0.2, -0.15) is 4.39 Å². The van der Waals surface area contributed by atoms with Crippen LogP contribution in [0.2, 0.25) is 0 Å². The van der Waals surface area contributed by atoms with Crippen molar-refractivity contribution in [1.82, 2.24) is 4.98 Å². The number of nitrogens with zero attached hydrogens (tertiary/aromatic N) is 1. The maximum atomic E-state index is 13.1. The number of hydrogen-bond donors (Lipinski definition) is 0. The molecule has 0 aliphatic rings. The van der Waals surface area contributed by atoms with Crippen LogP contribution in [0.5, 0.6) is 0 Å². The Labute approximate surface area is 104 Å². The molecule has 0 aromatic carbocycles. The van der Waals surface area contributed by atoms with Gasteiger partial charge >= 0.3 is 5.97 Å². The molecule has 0 saturated heterocycles. The van der Waals surface area contributed by atoms with Crippen LogP contribution >= 0.6 is 15.9 Å². The number of esters is 1. The molecule has 0 fully saturated rings. The number of pyridine rings is 1. The summed E-state index contributed by atoms with van der Waals surface area (Å²) in [4.78, 5) is 14.6. The normalized spacial score (nSPS) is 10.7. The fraction of sp³-hybridized carbons (Fsp3) is 0.400. The Bertz CT molecular complexity index is 426. The Morgan fingerprint density at radius 2 is 2.24 bits per heavy atom. The standard InChI is InChI=1S/C10H9BrF3NO2/c1-2-17-10(16)8-7(9(13)14)5(4-11)3-6(12)15-8/h3,9H,2,4H2,1H3. The number of hydrogen-bond acceptors (Lipinski definition) is 3. The van der Waals surface area contributed by atoms with Crippen LogP contribution in [0.3, 0.4) is 0 Å². The first-order valence-electron chi connectivity index (χ1n) is 4.71. The van der Waals surface area contributed by atoms with E-state index in [2.05, 4.69) is 25.7 Å². The zero-order valence-corrected chi connectivity index (χ0v) is 10.4. The summed E-state index contributed by atoms with van der Waals surface area (Å²) in [6, 6.07) is 0.860. The number of alkyl halides is 3. The molecule has 0 saturated carbocycles. The van der Waals surface area contributed by atoms with Crippen molar-refractivity contribution in [3.8, 4) is 0 Å². The van der Waals surface area contributed by atoms with Gasteiger partial charge in [0, 0.05) is 5.33 Å². The van der Waals surface area contributed by atoms with Crippen molar-refractivity contribution in [3.63, 3.8) is 0 Å². The zero-order chi connectivity index (χ0) is 13.0. The van der Waals surface area contributed by atoms with Crippen molar-refractivity contribution in [2.24, 2.45) is 0 Å². The number of ether oxygens (including phenoxy) is 1. The second-order valence-electron chi connectivity index (χ2n) is 3.02. The van der Waals surface area contributed by atoms with Crippen LogP contribution in [-0.2, 0) is 10.1 Å². The lowest BCUT2D eigenvalue weighted by atomic mass is 10.1. The summed E-state index contributed by atoms with van der Waals surface area (Å²) in [5.41, 5.74) is -1.28. The number of aromatic nitrogens is 1. The highest BCUT2D eigenvalue weighted by Gasteiger charge is 2.25.